The maximum Gasteiger partial charge on any atom is 0.119 e. The molecule has 3 rings (SSSR count). The van der Waals surface area contributed by atoms with Gasteiger partial charge in [0.25, 0.3) is 0 Å². The van der Waals surface area contributed by atoms with Gasteiger partial charge in [-0.1, -0.05) is 42.5 Å². The van der Waals surface area contributed by atoms with Crippen LogP contribution < -0.4 is 10.5 Å². The molecule has 0 radical (unpaired) electrons. The second kappa shape index (κ2) is 6.10. The van der Waals surface area contributed by atoms with Crippen LogP contribution in [-0.4, -0.2) is 6.10 Å². The van der Waals surface area contributed by atoms with Crippen LogP contribution in [0.25, 0.3) is 0 Å². The third-order valence-corrected chi connectivity index (χ3v) is 3.72. The van der Waals surface area contributed by atoms with E-state index >= 15 is 0 Å². The van der Waals surface area contributed by atoms with Crippen molar-refractivity contribution in [1.29, 1.82) is 0 Å². The topological polar surface area (TPSA) is 35.2 Å². The van der Waals surface area contributed by atoms with Crippen LogP contribution in [0.4, 0.5) is 0 Å². The first-order valence-electron chi connectivity index (χ1n) is 7.37. The lowest BCUT2D eigenvalue weighted by atomic mass is 10.00. The minimum absolute atomic E-state index is 0.110. The van der Waals surface area contributed by atoms with E-state index in [0.29, 0.717) is 6.10 Å². The molecule has 0 aliphatic heterocycles. The summed E-state index contributed by atoms with van der Waals surface area (Å²) in [7, 11) is 0. The maximum absolute atomic E-state index is 6.22. The number of rotatable bonds is 6. The maximum atomic E-state index is 6.22. The fourth-order valence-electron chi connectivity index (χ4n) is 2.30. The normalized spacial score (nSPS) is 15.8. The number of hydrogen-bond acceptors (Lipinski definition) is 2. The summed E-state index contributed by atoms with van der Waals surface area (Å²) in [6.45, 7) is 0. The first kappa shape index (κ1) is 13.2. The number of nitrogens with two attached hydrogens (primary N) is 1. The van der Waals surface area contributed by atoms with Crippen molar-refractivity contribution < 1.29 is 4.74 Å². The molecule has 2 aromatic rings. The molecule has 2 nitrogen and oxygen atoms in total. The lowest BCUT2D eigenvalue weighted by Gasteiger charge is -2.12. The van der Waals surface area contributed by atoms with E-state index in [1.165, 1.54) is 24.0 Å². The lowest BCUT2D eigenvalue weighted by Crippen LogP contribution is -2.11. The monoisotopic (exact) mass is 267 g/mol. The average molecular weight is 267 g/mol. The molecule has 20 heavy (non-hydrogen) atoms. The van der Waals surface area contributed by atoms with Crippen molar-refractivity contribution in [3.63, 3.8) is 0 Å². The standard InChI is InChI=1S/C18H21NO/c19-18(15-4-2-1-3-5-15)13-8-14-6-9-16(10-7-14)20-17-11-12-17/h1-7,9-10,17-18H,8,11-13,19H2. The van der Waals surface area contributed by atoms with Crippen LogP contribution in [0.3, 0.4) is 0 Å². The van der Waals surface area contributed by atoms with Gasteiger partial charge in [0.1, 0.15) is 5.75 Å². The Bertz CT molecular complexity index is 531. The predicted octanol–water partition coefficient (Wildman–Crippen LogP) is 3.86. The molecule has 0 heterocycles. The molecule has 0 spiro atoms. The van der Waals surface area contributed by atoms with E-state index in [4.69, 9.17) is 10.5 Å². The average Bonchev–Trinajstić information content (AvgIpc) is 3.31. The number of ether oxygens (including phenoxy) is 1. The smallest absolute Gasteiger partial charge is 0.119 e. The Balaban J connectivity index is 1.52. The SMILES string of the molecule is NC(CCc1ccc(OC2CC2)cc1)c1ccccc1. The summed E-state index contributed by atoms with van der Waals surface area (Å²) in [5, 5.41) is 0. The second-order valence-electron chi connectivity index (χ2n) is 5.52. The van der Waals surface area contributed by atoms with Crippen LogP contribution in [0, 0.1) is 0 Å². The van der Waals surface area contributed by atoms with Crippen LogP contribution in [0.15, 0.2) is 54.6 Å². The van der Waals surface area contributed by atoms with E-state index in [9.17, 15) is 0 Å². The highest BCUT2D eigenvalue weighted by Gasteiger charge is 2.23. The van der Waals surface area contributed by atoms with Crippen molar-refractivity contribution in [3.8, 4) is 5.75 Å². The third kappa shape index (κ3) is 3.61. The molecule has 1 fully saturated rings. The van der Waals surface area contributed by atoms with Gasteiger partial charge in [-0.15, -0.1) is 0 Å². The summed E-state index contributed by atoms with van der Waals surface area (Å²) in [4.78, 5) is 0. The van der Waals surface area contributed by atoms with E-state index in [1.807, 2.05) is 18.2 Å². The highest BCUT2D eigenvalue weighted by atomic mass is 16.5. The molecule has 1 atom stereocenters. The minimum atomic E-state index is 0.110. The molecule has 0 bridgehead atoms. The molecular formula is C18H21NO. The highest BCUT2D eigenvalue weighted by Crippen LogP contribution is 2.27. The Morgan fingerprint density at radius 3 is 2.35 bits per heavy atom. The Hall–Kier alpha value is -1.80. The summed E-state index contributed by atoms with van der Waals surface area (Å²) in [6.07, 6.45) is 4.83. The van der Waals surface area contributed by atoms with E-state index < -0.39 is 0 Å². The van der Waals surface area contributed by atoms with Crippen LogP contribution in [0.5, 0.6) is 5.75 Å². The third-order valence-electron chi connectivity index (χ3n) is 3.72. The van der Waals surface area contributed by atoms with Gasteiger partial charge in [-0.25, -0.2) is 0 Å². The van der Waals surface area contributed by atoms with Gasteiger partial charge in [0, 0.05) is 6.04 Å². The Labute approximate surface area is 120 Å². The van der Waals surface area contributed by atoms with Crippen LogP contribution in [0.1, 0.15) is 36.4 Å². The molecule has 0 amide bonds. The van der Waals surface area contributed by atoms with E-state index in [-0.39, 0.29) is 6.04 Å². The van der Waals surface area contributed by atoms with E-state index in [1.54, 1.807) is 0 Å². The zero-order valence-corrected chi connectivity index (χ0v) is 11.7. The largest absolute Gasteiger partial charge is 0.490 e. The number of hydrogen-bond donors (Lipinski definition) is 1. The summed E-state index contributed by atoms with van der Waals surface area (Å²) in [5.74, 6) is 0.989. The van der Waals surface area contributed by atoms with Crippen molar-refractivity contribution in [2.75, 3.05) is 0 Å². The lowest BCUT2D eigenvalue weighted by molar-refractivity contribution is 0.303. The van der Waals surface area contributed by atoms with Crippen molar-refractivity contribution in [2.24, 2.45) is 5.73 Å². The molecule has 1 saturated carbocycles. The van der Waals surface area contributed by atoms with Crippen LogP contribution in [0.2, 0.25) is 0 Å². The molecule has 0 saturated heterocycles. The summed E-state index contributed by atoms with van der Waals surface area (Å²) < 4.78 is 5.75. The fraction of sp³-hybridized carbons (Fsp3) is 0.333. The van der Waals surface area contributed by atoms with E-state index in [2.05, 4.69) is 36.4 Å². The summed E-state index contributed by atoms with van der Waals surface area (Å²) >= 11 is 0. The molecule has 1 aliphatic rings. The molecule has 1 aliphatic carbocycles. The van der Waals surface area contributed by atoms with Crippen molar-refractivity contribution >= 4 is 0 Å². The van der Waals surface area contributed by atoms with E-state index in [0.717, 1.165) is 18.6 Å². The van der Waals surface area contributed by atoms with Gasteiger partial charge in [-0.05, 0) is 48.9 Å². The van der Waals surface area contributed by atoms with Gasteiger partial charge in [0.05, 0.1) is 6.10 Å². The Kier molecular flexibility index (Phi) is 4.03. The predicted molar refractivity (Wildman–Crippen MR) is 81.8 cm³/mol. The van der Waals surface area contributed by atoms with Crippen molar-refractivity contribution in [1.82, 2.24) is 0 Å². The summed E-state index contributed by atoms with van der Waals surface area (Å²) in [6, 6.07) is 18.8. The molecular weight excluding hydrogens is 246 g/mol. The summed E-state index contributed by atoms with van der Waals surface area (Å²) in [5.41, 5.74) is 8.75. The number of benzene rings is 2. The molecule has 2 N–H and O–H groups in total. The highest BCUT2D eigenvalue weighted by molar-refractivity contribution is 5.28. The van der Waals surface area contributed by atoms with Gasteiger partial charge in [-0.2, -0.15) is 0 Å². The molecule has 2 heteroatoms. The van der Waals surface area contributed by atoms with Gasteiger partial charge < -0.3 is 10.5 Å². The molecule has 1 unspecified atom stereocenters. The first-order valence-corrected chi connectivity index (χ1v) is 7.37. The van der Waals surface area contributed by atoms with Crippen LogP contribution >= 0.6 is 0 Å². The van der Waals surface area contributed by atoms with Gasteiger partial charge in [0.2, 0.25) is 0 Å². The zero-order valence-electron chi connectivity index (χ0n) is 11.7. The first-order chi connectivity index (χ1) is 9.81. The van der Waals surface area contributed by atoms with Gasteiger partial charge in [-0.3, -0.25) is 0 Å². The molecule has 2 aromatic carbocycles. The zero-order chi connectivity index (χ0) is 13.8. The van der Waals surface area contributed by atoms with Gasteiger partial charge in [0.15, 0.2) is 0 Å². The van der Waals surface area contributed by atoms with Crippen molar-refractivity contribution in [3.05, 3.63) is 65.7 Å². The van der Waals surface area contributed by atoms with Crippen LogP contribution in [-0.2, 0) is 6.42 Å². The van der Waals surface area contributed by atoms with Crippen molar-refractivity contribution in [2.45, 2.75) is 37.8 Å². The number of aryl methyl sites for hydroxylation is 1. The molecule has 104 valence electrons. The molecule has 0 aromatic heterocycles. The Morgan fingerprint density at radius 2 is 1.70 bits per heavy atom. The van der Waals surface area contributed by atoms with Gasteiger partial charge >= 0.3 is 0 Å². The quantitative estimate of drug-likeness (QED) is 0.862. The second-order valence-corrected chi connectivity index (χ2v) is 5.52. The minimum Gasteiger partial charge on any atom is -0.490 e. The Morgan fingerprint density at radius 1 is 1.00 bits per heavy atom. The fourth-order valence-corrected chi connectivity index (χ4v) is 2.30.